The van der Waals surface area contributed by atoms with Gasteiger partial charge in [0.15, 0.2) is 6.61 Å². The fraction of sp³-hybridized carbons (Fsp3) is 0.500. The molecule has 0 radical (unpaired) electrons. The molecule has 2 aliphatic heterocycles. The fourth-order valence-electron chi connectivity index (χ4n) is 2.74. The second-order valence-corrected chi connectivity index (χ2v) is 5.55. The van der Waals surface area contributed by atoms with Gasteiger partial charge in [-0.15, -0.1) is 0 Å². The molecule has 0 unspecified atom stereocenters. The number of ether oxygens (including phenoxy) is 2. The van der Waals surface area contributed by atoms with Crippen LogP contribution in [0.15, 0.2) is 18.2 Å². The number of rotatable bonds is 3. The molecular formula is C16H20N2O4. The van der Waals surface area contributed by atoms with Gasteiger partial charge in [0.05, 0.1) is 18.9 Å². The molecule has 0 N–H and O–H groups in total. The first-order chi connectivity index (χ1) is 10.6. The summed E-state index contributed by atoms with van der Waals surface area (Å²) < 4.78 is 10.7. The standard InChI is InChI=1S/C16H20N2O4/c1-12-2-3-13-14(10-12)22-11-16(20)18(13)5-4-15(19)17-6-8-21-9-7-17/h2-3,10H,4-9,11H2,1H3. The van der Waals surface area contributed by atoms with Crippen LogP contribution in [0.4, 0.5) is 5.69 Å². The van der Waals surface area contributed by atoms with Crippen LogP contribution in [0.25, 0.3) is 0 Å². The molecule has 0 saturated carbocycles. The lowest BCUT2D eigenvalue weighted by atomic mass is 10.1. The quantitative estimate of drug-likeness (QED) is 0.835. The van der Waals surface area contributed by atoms with Crippen LogP contribution in [0.2, 0.25) is 0 Å². The Morgan fingerprint density at radius 1 is 1.27 bits per heavy atom. The van der Waals surface area contributed by atoms with Crippen LogP contribution in [-0.4, -0.2) is 56.2 Å². The summed E-state index contributed by atoms with van der Waals surface area (Å²) in [7, 11) is 0. The van der Waals surface area contributed by atoms with Gasteiger partial charge in [-0.1, -0.05) is 6.07 Å². The SMILES string of the molecule is Cc1ccc2c(c1)OCC(=O)N2CCC(=O)N1CCOCC1. The second-order valence-electron chi connectivity index (χ2n) is 5.55. The van der Waals surface area contributed by atoms with Gasteiger partial charge in [-0.05, 0) is 24.6 Å². The zero-order chi connectivity index (χ0) is 15.5. The normalized spacial score (nSPS) is 18.0. The first kappa shape index (κ1) is 14.8. The maximum atomic E-state index is 12.2. The van der Waals surface area contributed by atoms with Crippen molar-refractivity contribution in [1.82, 2.24) is 4.90 Å². The van der Waals surface area contributed by atoms with Gasteiger partial charge < -0.3 is 19.3 Å². The Morgan fingerprint density at radius 3 is 2.82 bits per heavy atom. The van der Waals surface area contributed by atoms with Crippen LogP contribution < -0.4 is 9.64 Å². The summed E-state index contributed by atoms with van der Waals surface area (Å²) in [4.78, 5) is 27.7. The highest BCUT2D eigenvalue weighted by molar-refractivity contribution is 5.98. The van der Waals surface area contributed by atoms with Crippen molar-refractivity contribution in [2.24, 2.45) is 0 Å². The third kappa shape index (κ3) is 3.06. The van der Waals surface area contributed by atoms with Crippen LogP contribution in [-0.2, 0) is 14.3 Å². The summed E-state index contributed by atoms with van der Waals surface area (Å²) in [5.41, 5.74) is 1.83. The van der Waals surface area contributed by atoms with Crippen molar-refractivity contribution in [1.29, 1.82) is 0 Å². The van der Waals surface area contributed by atoms with E-state index >= 15 is 0 Å². The molecule has 1 saturated heterocycles. The van der Waals surface area contributed by atoms with Gasteiger partial charge in [-0.25, -0.2) is 0 Å². The topological polar surface area (TPSA) is 59.1 Å². The Balaban J connectivity index is 1.67. The molecule has 0 atom stereocenters. The molecule has 1 aromatic rings. The smallest absolute Gasteiger partial charge is 0.265 e. The summed E-state index contributed by atoms with van der Waals surface area (Å²) in [6, 6.07) is 5.73. The molecule has 0 bridgehead atoms. The summed E-state index contributed by atoms with van der Waals surface area (Å²) in [5.74, 6) is 0.667. The molecular weight excluding hydrogens is 284 g/mol. The average Bonchev–Trinajstić information content (AvgIpc) is 2.54. The predicted octanol–water partition coefficient (Wildman–Crippen LogP) is 0.969. The van der Waals surface area contributed by atoms with E-state index < -0.39 is 0 Å². The molecule has 0 aliphatic carbocycles. The Labute approximate surface area is 129 Å². The van der Waals surface area contributed by atoms with Gasteiger partial charge in [0.25, 0.3) is 5.91 Å². The molecule has 0 spiro atoms. The van der Waals surface area contributed by atoms with Crippen molar-refractivity contribution in [3.8, 4) is 5.75 Å². The number of benzene rings is 1. The van der Waals surface area contributed by atoms with Gasteiger partial charge in [-0.2, -0.15) is 0 Å². The number of nitrogens with zero attached hydrogens (tertiary/aromatic N) is 2. The van der Waals surface area contributed by atoms with E-state index in [0.717, 1.165) is 11.3 Å². The fourth-order valence-corrected chi connectivity index (χ4v) is 2.74. The van der Waals surface area contributed by atoms with Crippen LogP contribution in [0.3, 0.4) is 0 Å². The molecule has 6 heteroatoms. The largest absolute Gasteiger partial charge is 0.482 e. The molecule has 6 nitrogen and oxygen atoms in total. The van der Waals surface area contributed by atoms with E-state index in [1.165, 1.54) is 0 Å². The lowest BCUT2D eigenvalue weighted by molar-refractivity contribution is -0.135. The van der Waals surface area contributed by atoms with Crippen LogP contribution in [0, 0.1) is 6.92 Å². The molecule has 1 fully saturated rings. The number of hydrogen-bond acceptors (Lipinski definition) is 4. The number of anilines is 1. The molecule has 118 valence electrons. The minimum atomic E-state index is -0.105. The Morgan fingerprint density at radius 2 is 2.05 bits per heavy atom. The third-order valence-corrected chi connectivity index (χ3v) is 3.97. The first-order valence-corrected chi connectivity index (χ1v) is 7.54. The summed E-state index contributed by atoms with van der Waals surface area (Å²) >= 11 is 0. The monoisotopic (exact) mass is 304 g/mol. The van der Waals surface area contributed by atoms with Gasteiger partial charge in [0.2, 0.25) is 5.91 Å². The van der Waals surface area contributed by atoms with E-state index in [-0.39, 0.29) is 18.4 Å². The number of aryl methyl sites for hydroxylation is 1. The lowest BCUT2D eigenvalue weighted by Gasteiger charge is -2.31. The second kappa shape index (κ2) is 6.36. The van der Waals surface area contributed by atoms with Crippen LogP contribution >= 0.6 is 0 Å². The Hall–Kier alpha value is -2.08. The van der Waals surface area contributed by atoms with Crippen LogP contribution in [0.1, 0.15) is 12.0 Å². The molecule has 22 heavy (non-hydrogen) atoms. The molecule has 0 aromatic heterocycles. The van der Waals surface area contributed by atoms with Gasteiger partial charge in [0.1, 0.15) is 5.75 Å². The summed E-state index contributed by atoms with van der Waals surface area (Å²) in [6.45, 7) is 4.83. The Bertz CT molecular complexity index is 582. The lowest BCUT2D eigenvalue weighted by Crippen LogP contribution is -2.44. The van der Waals surface area contributed by atoms with Crippen molar-refractivity contribution in [2.45, 2.75) is 13.3 Å². The summed E-state index contributed by atoms with van der Waals surface area (Å²) in [5, 5.41) is 0. The highest BCUT2D eigenvalue weighted by atomic mass is 16.5. The minimum absolute atomic E-state index is 0.0300. The van der Waals surface area contributed by atoms with Crippen molar-refractivity contribution in [3.63, 3.8) is 0 Å². The highest BCUT2D eigenvalue weighted by Crippen LogP contribution is 2.32. The average molecular weight is 304 g/mol. The molecule has 2 heterocycles. The molecule has 2 amide bonds. The minimum Gasteiger partial charge on any atom is -0.482 e. The van der Waals surface area contributed by atoms with Gasteiger partial charge >= 0.3 is 0 Å². The van der Waals surface area contributed by atoms with Crippen molar-refractivity contribution < 1.29 is 19.1 Å². The number of hydrogen-bond donors (Lipinski definition) is 0. The predicted molar refractivity (Wildman–Crippen MR) is 81.0 cm³/mol. The number of amides is 2. The summed E-state index contributed by atoms with van der Waals surface area (Å²) in [6.07, 6.45) is 0.319. The zero-order valence-electron chi connectivity index (χ0n) is 12.7. The maximum absolute atomic E-state index is 12.2. The first-order valence-electron chi connectivity index (χ1n) is 7.54. The highest BCUT2D eigenvalue weighted by Gasteiger charge is 2.26. The maximum Gasteiger partial charge on any atom is 0.265 e. The molecule has 2 aliphatic rings. The Kier molecular flexibility index (Phi) is 4.29. The van der Waals surface area contributed by atoms with Gasteiger partial charge in [-0.3, -0.25) is 9.59 Å². The molecule has 1 aromatic carbocycles. The van der Waals surface area contributed by atoms with Crippen molar-refractivity contribution >= 4 is 17.5 Å². The number of fused-ring (bicyclic) bond motifs is 1. The van der Waals surface area contributed by atoms with E-state index in [4.69, 9.17) is 9.47 Å². The van der Waals surface area contributed by atoms with Crippen LogP contribution in [0.5, 0.6) is 5.75 Å². The third-order valence-electron chi connectivity index (χ3n) is 3.97. The number of morpholine rings is 1. The van der Waals surface area contributed by atoms with E-state index in [1.807, 2.05) is 25.1 Å². The number of carbonyl (C=O) groups is 2. The zero-order valence-corrected chi connectivity index (χ0v) is 12.7. The van der Waals surface area contributed by atoms with E-state index in [1.54, 1.807) is 9.80 Å². The number of carbonyl (C=O) groups excluding carboxylic acids is 2. The van der Waals surface area contributed by atoms with E-state index in [2.05, 4.69) is 0 Å². The molecule has 3 rings (SSSR count). The van der Waals surface area contributed by atoms with Crippen molar-refractivity contribution in [3.05, 3.63) is 23.8 Å². The van der Waals surface area contributed by atoms with Gasteiger partial charge in [0, 0.05) is 26.1 Å². The van der Waals surface area contributed by atoms with E-state index in [0.29, 0.717) is 45.0 Å². The van der Waals surface area contributed by atoms with E-state index in [9.17, 15) is 9.59 Å². The van der Waals surface area contributed by atoms with Crippen molar-refractivity contribution in [2.75, 3.05) is 44.4 Å².